The van der Waals surface area contributed by atoms with E-state index in [4.69, 9.17) is 8.83 Å². The minimum absolute atomic E-state index is 0.614. The van der Waals surface area contributed by atoms with E-state index in [9.17, 15) is 0 Å². The maximum absolute atomic E-state index is 5.97. The van der Waals surface area contributed by atoms with E-state index in [0.717, 1.165) is 23.6 Å². The van der Waals surface area contributed by atoms with E-state index in [-0.39, 0.29) is 0 Å². The van der Waals surface area contributed by atoms with Crippen LogP contribution in [0.15, 0.2) is 94.1 Å². The van der Waals surface area contributed by atoms with Gasteiger partial charge in [-0.1, -0.05) is 60.7 Å². The van der Waals surface area contributed by atoms with Crippen molar-refractivity contribution in [2.75, 3.05) is 0 Å². The maximum Gasteiger partial charge on any atom is 0.209 e. The molecular weight excluding hydrogens is 324 g/mol. The van der Waals surface area contributed by atoms with Gasteiger partial charge in [0.15, 0.2) is 5.76 Å². The molecule has 4 heteroatoms. The highest BCUT2D eigenvalue weighted by atomic mass is 16.4. The van der Waals surface area contributed by atoms with E-state index in [2.05, 4.69) is 34.1 Å². The fourth-order valence-corrected chi connectivity index (χ4v) is 2.94. The van der Waals surface area contributed by atoms with Crippen LogP contribution in [0.2, 0.25) is 0 Å². The van der Waals surface area contributed by atoms with Crippen LogP contribution in [0, 0.1) is 0 Å². The maximum atomic E-state index is 5.97. The Morgan fingerprint density at radius 3 is 2.27 bits per heavy atom. The predicted molar refractivity (Wildman–Crippen MR) is 100 cm³/mol. The minimum Gasteiger partial charge on any atom is -0.468 e. The summed E-state index contributed by atoms with van der Waals surface area (Å²) in [5.41, 5.74) is 2.28. The molecule has 0 spiro atoms. The molecule has 0 fully saturated rings. The molecule has 0 N–H and O–H groups in total. The Morgan fingerprint density at radius 1 is 0.769 bits per heavy atom. The van der Waals surface area contributed by atoms with Gasteiger partial charge in [0.25, 0.3) is 0 Å². The summed E-state index contributed by atoms with van der Waals surface area (Å²) in [6.07, 6.45) is 3.49. The van der Waals surface area contributed by atoms with Crippen molar-refractivity contribution >= 4 is 0 Å². The summed E-state index contributed by atoms with van der Waals surface area (Å²) in [6, 6.07) is 24.3. The number of benzene rings is 2. The summed E-state index contributed by atoms with van der Waals surface area (Å²) in [7, 11) is 0. The number of hydrogen-bond acceptors (Lipinski definition) is 4. The Morgan fingerprint density at radius 2 is 1.54 bits per heavy atom. The molecule has 2 heterocycles. The Kier molecular flexibility index (Phi) is 4.94. The second kappa shape index (κ2) is 7.85. The number of aromatic nitrogens is 1. The Balaban J connectivity index is 1.51. The van der Waals surface area contributed by atoms with Gasteiger partial charge in [0.1, 0.15) is 5.76 Å². The molecule has 130 valence electrons. The Bertz CT molecular complexity index is 915. The molecule has 4 aromatic rings. The summed E-state index contributed by atoms with van der Waals surface area (Å²) >= 11 is 0. The fourth-order valence-electron chi connectivity index (χ4n) is 2.94. The van der Waals surface area contributed by atoms with Crippen LogP contribution in [0.5, 0.6) is 0 Å². The first kappa shape index (κ1) is 16.4. The summed E-state index contributed by atoms with van der Waals surface area (Å²) in [5.74, 6) is 2.42. The lowest BCUT2D eigenvalue weighted by Crippen LogP contribution is -2.22. The highest BCUT2D eigenvalue weighted by Crippen LogP contribution is 2.21. The van der Waals surface area contributed by atoms with Crippen molar-refractivity contribution in [3.05, 3.63) is 102 Å². The molecule has 0 atom stereocenters. The van der Waals surface area contributed by atoms with Crippen LogP contribution in [0.25, 0.3) is 11.3 Å². The van der Waals surface area contributed by atoms with Gasteiger partial charge in [0.2, 0.25) is 5.89 Å². The van der Waals surface area contributed by atoms with Crippen LogP contribution in [-0.2, 0) is 19.6 Å². The van der Waals surface area contributed by atoms with Crippen molar-refractivity contribution in [2.24, 2.45) is 0 Å². The highest BCUT2D eigenvalue weighted by Gasteiger charge is 2.14. The monoisotopic (exact) mass is 344 g/mol. The predicted octanol–water partition coefficient (Wildman–Crippen LogP) is 5.14. The van der Waals surface area contributed by atoms with Crippen LogP contribution in [0.1, 0.15) is 17.2 Å². The molecule has 0 aliphatic rings. The van der Waals surface area contributed by atoms with Crippen molar-refractivity contribution in [3.8, 4) is 11.3 Å². The van der Waals surface area contributed by atoms with Crippen molar-refractivity contribution in [2.45, 2.75) is 19.6 Å². The third-order valence-corrected chi connectivity index (χ3v) is 4.18. The summed E-state index contributed by atoms with van der Waals surface area (Å²) in [5, 5.41) is 0. The van der Waals surface area contributed by atoms with E-state index in [1.165, 1.54) is 5.56 Å². The van der Waals surface area contributed by atoms with Gasteiger partial charge in [-0.15, -0.1) is 0 Å². The smallest absolute Gasteiger partial charge is 0.209 e. The molecule has 0 saturated heterocycles. The molecule has 0 bridgehead atoms. The van der Waals surface area contributed by atoms with E-state index in [1.807, 2.05) is 48.5 Å². The summed E-state index contributed by atoms with van der Waals surface area (Å²) in [4.78, 5) is 6.72. The van der Waals surface area contributed by atoms with E-state index < -0.39 is 0 Å². The molecule has 2 aromatic carbocycles. The first-order valence-corrected chi connectivity index (χ1v) is 8.65. The Hall–Kier alpha value is -3.11. The average Bonchev–Trinajstić information content (AvgIpc) is 3.35. The highest BCUT2D eigenvalue weighted by molar-refractivity contribution is 5.55. The quantitative estimate of drug-likeness (QED) is 0.466. The van der Waals surface area contributed by atoms with Crippen LogP contribution in [0.3, 0.4) is 0 Å². The number of furan rings is 1. The molecule has 0 aliphatic heterocycles. The molecule has 0 unspecified atom stereocenters. The Labute approximate surface area is 152 Å². The zero-order chi connectivity index (χ0) is 17.6. The van der Waals surface area contributed by atoms with Crippen molar-refractivity contribution in [3.63, 3.8) is 0 Å². The molecule has 2 aromatic heterocycles. The van der Waals surface area contributed by atoms with Crippen molar-refractivity contribution in [1.82, 2.24) is 9.88 Å². The molecule has 4 rings (SSSR count). The van der Waals surface area contributed by atoms with E-state index >= 15 is 0 Å². The van der Waals surface area contributed by atoms with Crippen LogP contribution < -0.4 is 0 Å². The van der Waals surface area contributed by atoms with Gasteiger partial charge >= 0.3 is 0 Å². The molecule has 4 nitrogen and oxygen atoms in total. The summed E-state index contributed by atoms with van der Waals surface area (Å²) in [6.45, 7) is 2.11. The van der Waals surface area contributed by atoms with Crippen molar-refractivity contribution < 1.29 is 8.83 Å². The zero-order valence-corrected chi connectivity index (χ0v) is 14.4. The lowest BCUT2D eigenvalue weighted by molar-refractivity contribution is 0.206. The largest absolute Gasteiger partial charge is 0.468 e. The lowest BCUT2D eigenvalue weighted by Gasteiger charge is -2.19. The van der Waals surface area contributed by atoms with Crippen LogP contribution in [-0.4, -0.2) is 9.88 Å². The van der Waals surface area contributed by atoms with E-state index in [0.29, 0.717) is 19.0 Å². The lowest BCUT2D eigenvalue weighted by atomic mass is 10.2. The zero-order valence-electron chi connectivity index (χ0n) is 14.4. The second-order valence-corrected chi connectivity index (χ2v) is 6.19. The molecule has 0 aliphatic carbocycles. The van der Waals surface area contributed by atoms with Gasteiger partial charge in [0.05, 0.1) is 25.5 Å². The first-order chi connectivity index (χ1) is 12.9. The minimum atomic E-state index is 0.614. The van der Waals surface area contributed by atoms with Gasteiger partial charge in [0, 0.05) is 12.1 Å². The topological polar surface area (TPSA) is 42.4 Å². The third-order valence-electron chi connectivity index (χ3n) is 4.18. The van der Waals surface area contributed by atoms with Gasteiger partial charge < -0.3 is 8.83 Å². The SMILES string of the molecule is c1ccc(CN(Cc2ccco2)Cc2ncc(-c3ccccc3)o2)cc1. The molecule has 26 heavy (non-hydrogen) atoms. The molecular formula is C22H20N2O2. The molecule has 0 saturated carbocycles. The number of oxazole rings is 1. The van der Waals surface area contributed by atoms with Crippen LogP contribution >= 0.6 is 0 Å². The molecule has 0 radical (unpaired) electrons. The fraction of sp³-hybridized carbons (Fsp3) is 0.136. The van der Waals surface area contributed by atoms with Crippen molar-refractivity contribution in [1.29, 1.82) is 0 Å². The van der Waals surface area contributed by atoms with E-state index in [1.54, 1.807) is 12.5 Å². The molecule has 0 amide bonds. The number of hydrogen-bond donors (Lipinski definition) is 0. The first-order valence-electron chi connectivity index (χ1n) is 8.65. The van der Waals surface area contributed by atoms with Gasteiger partial charge in [-0.25, -0.2) is 4.98 Å². The normalized spacial score (nSPS) is 11.1. The van der Waals surface area contributed by atoms with Gasteiger partial charge in [-0.2, -0.15) is 0 Å². The third kappa shape index (κ3) is 4.10. The number of nitrogens with zero attached hydrogens (tertiary/aromatic N) is 2. The average molecular weight is 344 g/mol. The second-order valence-electron chi connectivity index (χ2n) is 6.19. The number of rotatable bonds is 7. The standard InChI is InChI=1S/C22H20N2O2/c1-3-8-18(9-4-1)15-24(16-20-12-7-13-25-20)17-22-23-14-21(26-22)19-10-5-2-6-11-19/h1-14H,15-17H2. The summed E-state index contributed by atoms with van der Waals surface area (Å²) < 4.78 is 11.5. The van der Waals surface area contributed by atoms with Crippen LogP contribution in [0.4, 0.5) is 0 Å². The van der Waals surface area contributed by atoms with Gasteiger partial charge in [-0.05, 0) is 17.7 Å². The van der Waals surface area contributed by atoms with Gasteiger partial charge in [-0.3, -0.25) is 4.90 Å².